The average molecular weight is 505 g/mol. The molecule has 12 heteroatoms. The number of carbonyl (C=O) groups excluding carboxylic acids is 4. The molecule has 0 heterocycles. The van der Waals surface area contributed by atoms with Gasteiger partial charge in [-0.05, 0) is 44.1 Å². The largest absolute Gasteiger partial charge is 0.370 e. The molecule has 0 fully saturated rings. The molecule has 0 saturated carbocycles. The van der Waals surface area contributed by atoms with Gasteiger partial charge >= 0.3 is 0 Å². The highest BCUT2D eigenvalue weighted by Gasteiger charge is 2.29. The van der Waals surface area contributed by atoms with Gasteiger partial charge in [0.25, 0.3) is 0 Å². The summed E-state index contributed by atoms with van der Waals surface area (Å²) in [6, 6.07) is 5.60. The lowest BCUT2D eigenvalue weighted by molar-refractivity contribution is -0.133. The van der Waals surface area contributed by atoms with Crippen molar-refractivity contribution in [1.29, 1.82) is 0 Å². The molecular formula is C24H40N8O4. The van der Waals surface area contributed by atoms with Crippen molar-refractivity contribution in [3.8, 4) is 0 Å². The third kappa shape index (κ3) is 11.6. The molecule has 36 heavy (non-hydrogen) atoms. The number of hydrogen-bond donors (Lipinski definition) is 7. The van der Waals surface area contributed by atoms with Gasteiger partial charge in [-0.25, -0.2) is 0 Å². The number of guanidine groups is 1. The van der Waals surface area contributed by atoms with Crippen LogP contribution in [-0.4, -0.2) is 60.3 Å². The van der Waals surface area contributed by atoms with Crippen molar-refractivity contribution in [2.24, 2.45) is 33.8 Å². The van der Waals surface area contributed by atoms with E-state index < -0.39 is 47.8 Å². The molecule has 1 aromatic rings. The highest BCUT2D eigenvalue weighted by molar-refractivity contribution is 5.94. The van der Waals surface area contributed by atoms with Gasteiger partial charge < -0.3 is 38.9 Å². The van der Waals surface area contributed by atoms with Crippen molar-refractivity contribution >= 4 is 29.6 Å². The van der Waals surface area contributed by atoms with Gasteiger partial charge in [0.2, 0.25) is 23.6 Å². The lowest BCUT2D eigenvalue weighted by atomic mass is 10.0. The van der Waals surface area contributed by atoms with E-state index in [0.29, 0.717) is 19.3 Å². The fourth-order valence-electron chi connectivity index (χ4n) is 3.37. The van der Waals surface area contributed by atoms with E-state index in [1.54, 1.807) is 0 Å². The van der Waals surface area contributed by atoms with Gasteiger partial charge in [0.15, 0.2) is 5.96 Å². The summed E-state index contributed by atoms with van der Waals surface area (Å²) in [5.41, 5.74) is 22.9. The second-order valence-corrected chi connectivity index (χ2v) is 9.13. The number of benzene rings is 1. The van der Waals surface area contributed by atoms with E-state index in [-0.39, 0.29) is 24.8 Å². The summed E-state index contributed by atoms with van der Waals surface area (Å²) in [7, 11) is 0. The van der Waals surface area contributed by atoms with Gasteiger partial charge in [-0.1, -0.05) is 44.2 Å². The van der Waals surface area contributed by atoms with Gasteiger partial charge in [-0.2, -0.15) is 0 Å². The van der Waals surface area contributed by atoms with Crippen LogP contribution in [0.4, 0.5) is 0 Å². The van der Waals surface area contributed by atoms with E-state index in [4.69, 9.17) is 22.9 Å². The van der Waals surface area contributed by atoms with Crippen molar-refractivity contribution in [2.45, 2.75) is 70.6 Å². The Balaban J connectivity index is 2.93. The summed E-state index contributed by atoms with van der Waals surface area (Å²) < 4.78 is 0. The highest BCUT2D eigenvalue weighted by Crippen LogP contribution is 2.09. The summed E-state index contributed by atoms with van der Waals surface area (Å²) in [5, 5.41) is 7.88. The standard InChI is InChI=1S/C24H40N8O4/c1-14(2)12-19(32-21(34)17(25)13-16-8-5-4-6-9-16)23(36)31-18(10-7-11-29-24(27)28)22(35)30-15(3)20(26)33/h4-6,8-9,14-15,17-19H,7,10-13,25H2,1-3H3,(H2,26,33)(H,30,35)(H,31,36)(H,32,34)(H4,27,28,29)/t15-,17-,18-,19-/m0/s1. The van der Waals surface area contributed by atoms with E-state index >= 15 is 0 Å². The molecule has 200 valence electrons. The molecule has 0 unspecified atom stereocenters. The summed E-state index contributed by atoms with van der Waals surface area (Å²) in [4.78, 5) is 54.0. The van der Waals surface area contributed by atoms with Crippen LogP contribution >= 0.6 is 0 Å². The van der Waals surface area contributed by atoms with E-state index in [1.807, 2.05) is 44.2 Å². The lowest BCUT2D eigenvalue weighted by Gasteiger charge is -2.25. The number of nitrogens with one attached hydrogen (secondary N) is 3. The van der Waals surface area contributed by atoms with Crippen molar-refractivity contribution < 1.29 is 19.2 Å². The summed E-state index contributed by atoms with van der Waals surface area (Å²) in [5.74, 6) is -2.35. The molecule has 4 amide bonds. The van der Waals surface area contributed by atoms with E-state index in [1.165, 1.54) is 6.92 Å². The Morgan fingerprint density at radius 2 is 1.44 bits per heavy atom. The molecule has 0 bridgehead atoms. The zero-order valence-electron chi connectivity index (χ0n) is 21.2. The molecule has 0 aromatic heterocycles. The van der Waals surface area contributed by atoms with Crippen LogP contribution < -0.4 is 38.9 Å². The highest BCUT2D eigenvalue weighted by atomic mass is 16.2. The molecule has 11 N–H and O–H groups in total. The third-order valence-corrected chi connectivity index (χ3v) is 5.34. The molecule has 0 spiro atoms. The molecule has 0 aliphatic carbocycles. The number of amides is 4. The molecular weight excluding hydrogens is 464 g/mol. The quantitative estimate of drug-likeness (QED) is 0.0860. The number of nitrogens with two attached hydrogens (primary N) is 4. The Bertz CT molecular complexity index is 903. The average Bonchev–Trinajstić information content (AvgIpc) is 2.80. The van der Waals surface area contributed by atoms with Crippen LogP contribution in [0.15, 0.2) is 35.3 Å². The fraction of sp³-hybridized carbons (Fsp3) is 0.542. The first kappa shape index (κ1) is 30.4. The predicted molar refractivity (Wildman–Crippen MR) is 138 cm³/mol. The minimum atomic E-state index is -1.00. The van der Waals surface area contributed by atoms with Gasteiger partial charge in [-0.3, -0.25) is 24.2 Å². The first-order valence-electron chi connectivity index (χ1n) is 12.0. The van der Waals surface area contributed by atoms with Crippen molar-refractivity contribution in [3.05, 3.63) is 35.9 Å². The van der Waals surface area contributed by atoms with Crippen molar-refractivity contribution in [2.75, 3.05) is 6.54 Å². The maximum atomic E-state index is 13.2. The van der Waals surface area contributed by atoms with Gasteiger partial charge in [0.05, 0.1) is 6.04 Å². The molecule has 1 rings (SSSR count). The summed E-state index contributed by atoms with van der Waals surface area (Å²) in [6.07, 6.45) is 1.21. The second kappa shape index (κ2) is 15.4. The molecule has 4 atom stereocenters. The monoisotopic (exact) mass is 504 g/mol. The number of rotatable bonds is 15. The van der Waals surface area contributed by atoms with Crippen LogP contribution in [0.5, 0.6) is 0 Å². The van der Waals surface area contributed by atoms with Crippen molar-refractivity contribution in [1.82, 2.24) is 16.0 Å². The number of primary amides is 1. The van der Waals surface area contributed by atoms with E-state index in [2.05, 4.69) is 20.9 Å². The van der Waals surface area contributed by atoms with Crippen LogP contribution in [0.1, 0.15) is 45.6 Å². The van der Waals surface area contributed by atoms with Crippen LogP contribution in [0, 0.1) is 5.92 Å². The first-order valence-corrected chi connectivity index (χ1v) is 12.0. The van der Waals surface area contributed by atoms with Gasteiger partial charge in [0.1, 0.15) is 18.1 Å². The number of nitrogens with zero attached hydrogens (tertiary/aromatic N) is 1. The summed E-state index contributed by atoms with van der Waals surface area (Å²) in [6.45, 7) is 5.50. The number of hydrogen-bond acceptors (Lipinski definition) is 6. The maximum Gasteiger partial charge on any atom is 0.243 e. The Hall–Kier alpha value is -3.67. The normalized spacial score (nSPS) is 14.1. The Morgan fingerprint density at radius 1 is 0.861 bits per heavy atom. The Kier molecular flexibility index (Phi) is 12.9. The van der Waals surface area contributed by atoms with Crippen LogP contribution in [0.2, 0.25) is 0 Å². The molecule has 0 aliphatic heterocycles. The molecule has 0 radical (unpaired) electrons. The number of carbonyl (C=O) groups is 4. The van der Waals surface area contributed by atoms with Crippen LogP contribution in [-0.2, 0) is 25.6 Å². The zero-order valence-corrected chi connectivity index (χ0v) is 21.2. The molecule has 1 aromatic carbocycles. The summed E-state index contributed by atoms with van der Waals surface area (Å²) >= 11 is 0. The SMILES string of the molecule is CC(C)C[C@H](NC(=O)[C@@H](N)Cc1ccccc1)C(=O)N[C@@H](CCCN=C(N)N)C(=O)N[C@@H](C)C(N)=O. The topological polar surface area (TPSA) is 221 Å². The predicted octanol–water partition coefficient (Wildman–Crippen LogP) is -1.38. The number of aliphatic imine (C=N–C) groups is 1. The fourth-order valence-corrected chi connectivity index (χ4v) is 3.37. The van der Waals surface area contributed by atoms with Crippen LogP contribution in [0.25, 0.3) is 0 Å². The Labute approximate surface area is 212 Å². The first-order chi connectivity index (χ1) is 16.9. The van der Waals surface area contributed by atoms with E-state index in [9.17, 15) is 19.2 Å². The molecule has 12 nitrogen and oxygen atoms in total. The smallest absolute Gasteiger partial charge is 0.243 e. The minimum absolute atomic E-state index is 0.0652. The maximum absolute atomic E-state index is 13.2. The second-order valence-electron chi connectivity index (χ2n) is 9.13. The zero-order chi connectivity index (χ0) is 27.3. The van der Waals surface area contributed by atoms with Gasteiger partial charge in [0, 0.05) is 6.54 Å². The van der Waals surface area contributed by atoms with Gasteiger partial charge in [-0.15, -0.1) is 0 Å². The third-order valence-electron chi connectivity index (χ3n) is 5.34. The Morgan fingerprint density at radius 3 is 2.00 bits per heavy atom. The van der Waals surface area contributed by atoms with E-state index in [0.717, 1.165) is 5.56 Å². The van der Waals surface area contributed by atoms with Crippen LogP contribution in [0.3, 0.4) is 0 Å². The van der Waals surface area contributed by atoms with Crippen molar-refractivity contribution in [3.63, 3.8) is 0 Å². The molecule has 0 aliphatic rings. The molecule has 0 saturated heterocycles. The lowest BCUT2D eigenvalue weighted by Crippen LogP contribution is -2.57. The minimum Gasteiger partial charge on any atom is -0.370 e.